The van der Waals surface area contributed by atoms with Crippen molar-refractivity contribution in [2.75, 3.05) is 4.72 Å². The molecule has 8 nitrogen and oxygen atoms in total. The first kappa shape index (κ1) is 16.0. The number of nitrogens with one attached hydrogen (secondary N) is 2. The van der Waals surface area contributed by atoms with E-state index < -0.39 is 16.0 Å². The van der Waals surface area contributed by atoms with E-state index in [0.29, 0.717) is 5.82 Å². The summed E-state index contributed by atoms with van der Waals surface area (Å²) < 4.78 is 26.6. The second-order valence-electron chi connectivity index (χ2n) is 4.80. The molecule has 0 aliphatic heterocycles. The largest absolute Gasteiger partial charge is 0.477 e. The molecular formula is C13H16N4O4S. The summed E-state index contributed by atoms with van der Waals surface area (Å²) in [6.07, 6.45) is 4.76. The van der Waals surface area contributed by atoms with Crippen LogP contribution in [0.5, 0.6) is 0 Å². The lowest BCUT2D eigenvalue weighted by atomic mass is 10.1. The third-order valence-electron chi connectivity index (χ3n) is 3.17. The van der Waals surface area contributed by atoms with Gasteiger partial charge in [0.1, 0.15) is 16.4 Å². The molecule has 0 aliphatic carbocycles. The normalized spacial score (nSPS) is 12.8. The number of aromatic carboxylic acids is 1. The highest BCUT2D eigenvalue weighted by Gasteiger charge is 2.19. The van der Waals surface area contributed by atoms with Gasteiger partial charge in [0.25, 0.3) is 10.0 Å². The van der Waals surface area contributed by atoms with Gasteiger partial charge in [-0.2, -0.15) is 0 Å². The molecule has 1 unspecified atom stereocenters. The molecule has 0 aromatic carbocycles. The quantitative estimate of drug-likeness (QED) is 0.744. The SMILES string of the molecule is CCC(C)c1ncc(NS(=O)(=O)c2c[nH]c(C(=O)O)c2)cn1. The van der Waals surface area contributed by atoms with Crippen LogP contribution in [0.25, 0.3) is 0 Å². The van der Waals surface area contributed by atoms with Gasteiger partial charge in [-0.1, -0.05) is 13.8 Å². The molecule has 0 bridgehead atoms. The van der Waals surface area contributed by atoms with Crippen LogP contribution in [0, 0.1) is 0 Å². The maximum atomic E-state index is 12.1. The van der Waals surface area contributed by atoms with Crippen LogP contribution in [-0.4, -0.2) is 34.4 Å². The highest BCUT2D eigenvalue weighted by atomic mass is 32.2. The van der Waals surface area contributed by atoms with Crippen LogP contribution < -0.4 is 4.72 Å². The van der Waals surface area contributed by atoms with E-state index in [-0.39, 0.29) is 22.2 Å². The maximum Gasteiger partial charge on any atom is 0.352 e. The zero-order valence-corrected chi connectivity index (χ0v) is 12.9. The Kier molecular flexibility index (Phi) is 4.45. The summed E-state index contributed by atoms with van der Waals surface area (Å²) in [4.78, 5) is 21.2. The number of nitrogens with zero attached hydrogens (tertiary/aromatic N) is 2. The van der Waals surface area contributed by atoms with Gasteiger partial charge in [0.15, 0.2) is 0 Å². The molecule has 22 heavy (non-hydrogen) atoms. The highest BCUT2D eigenvalue weighted by Crippen LogP contribution is 2.18. The van der Waals surface area contributed by atoms with Gasteiger partial charge in [-0.3, -0.25) is 4.72 Å². The van der Waals surface area contributed by atoms with Gasteiger partial charge in [0, 0.05) is 12.1 Å². The van der Waals surface area contributed by atoms with Crippen molar-refractivity contribution in [2.24, 2.45) is 0 Å². The predicted octanol–water partition coefficient (Wildman–Crippen LogP) is 1.82. The maximum absolute atomic E-state index is 12.1. The number of aromatic amines is 1. The monoisotopic (exact) mass is 324 g/mol. The summed E-state index contributed by atoms with van der Waals surface area (Å²) >= 11 is 0. The van der Waals surface area contributed by atoms with Crippen molar-refractivity contribution >= 4 is 21.7 Å². The van der Waals surface area contributed by atoms with Crippen molar-refractivity contribution in [3.8, 4) is 0 Å². The van der Waals surface area contributed by atoms with Gasteiger partial charge in [-0.05, 0) is 12.5 Å². The number of H-pyrrole nitrogens is 1. The molecule has 0 amide bonds. The third-order valence-corrected chi connectivity index (χ3v) is 4.54. The van der Waals surface area contributed by atoms with E-state index in [1.165, 1.54) is 12.4 Å². The lowest BCUT2D eigenvalue weighted by Gasteiger charge is -2.09. The van der Waals surface area contributed by atoms with Crippen LogP contribution in [0.15, 0.2) is 29.6 Å². The average Bonchev–Trinajstić information content (AvgIpc) is 2.98. The van der Waals surface area contributed by atoms with Gasteiger partial charge in [0.2, 0.25) is 0 Å². The number of carbonyl (C=O) groups is 1. The molecule has 2 aromatic rings. The predicted molar refractivity (Wildman–Crippen MR) is 79.3 cm³/mol. The summed E-state index contributed by atoms with van der Waals surface area (Å²) in [5.74, 6) is -0.406. The Morgan fingerprint density at radius 2 is 2.05 bits per heavy atom. The molecule has 118 valence electrons. The Morgan fingerprint density at radius 3 is 2.55 bits per heavy atom. The summed E-state index contributed by atoms with van der Waals surface area (Å²) in [6, 6.07) is 1.04. The molecule has 2 heterocycles. The second kappa shape index (κ2) is 6.14. The minimum atomic E-state index is -3.89. The molecule has 2 aromatic heterocycles. The van der Waals surface area contributed by atoms with Gasteiger partial charge < -0.3 is 10.1 Å². The Morgan fingerprint density at radius 1 is 1.41 bits per heavy atom. The lowest BCUT2D eigenvalue weighted by molar-refractivity contribution is 0.0691. The van der Waals surface area contributed by atoms with Gasteiger partial charge in [-0.25, -0.2) is 23.2 Å². The Labute approximate surface area is 127 Å². The van der Waals surface area contributed by atoms with Crippen molar-refractivity contribution in [2.45, 2.75) is 31.1 Å². The average molecular weight is 324 g/mol. The van der Waals surface area contributed by atoms with E-state index in [2.05, 4.69) is 19.7 Å². The van der Waals surface area contributed by atoms with Crippen molar-refractivity contribution in [3.05, 3.63) is 36.2 Å². The third kappa shape index (κ3) is 3.42. The Hall–Kier alpha value is -2.42. The van der Waals surface area contributed by atoms with Crippen molar-refractivity contribution < 1.29 is 18.3 Å². The molecule has 2 rings (SSSR count). The Bertz CT molecular complexity index is 768. The lowest BCUT2D eigenvalue weighted by Crippen LogP contribution is -2.13. The number of aromatic nitrogens is 3. The Balaban J connectivity index is 2.19. The molecule has 0 radical (unpaired) electrons. The van der Waals surface area contributed by atoms with Crippen LogP contribution in [0.3, 0.4) is 0 Å². The molecular weight excluding hydrogens is 308 g/mol. The van der Waals surface area contributed by atoms with Crippen LogP contribution in [0.2, 0.25) is 0 Å². The number of anilines is 1. The molecule has 0 spiro atoms. The van der Waals surface area contributed by atoms with Crippen molar-refractivity contribution in [1.82, 2.24) is 15.0 Å². The molecule has 0 aliphatic rings. The van der Waals surface area contributed by atoms with E-state index >= 15 is 0 Å². The van der Waals surface area contributed by atoms with E-state index in [1.807, 2.05) is 13.8 Å². The number of sulfonamides is 1. The number of rotatable bonds is 6. The van der Waals surface area contributed by atoms with Crippen LogP contribution >= 0.6 is 0 Å². The molecule has 3 N–H and O–H groups in total. The molecule has 0 fully saturated rings. The minimum absolute atomic E-state index is 0.170. The minimum Gasteiger partial charge on any atom is -0.477 e. The number of carboxylic acid groups (broad SMARTS) is 1. The van der Waals surface area contributed by atoms with Gasteiger partial charge >= 0.3 is 5.97 Å². The summed E-state index contributed by atoms with van der Waals surface area (Å²) in [6.45, 7) is 3.99. The molecule has 0 saturated heterocycles. The summed E-state index contributed by atoms with van der Waals surface area (Å²) in [5, 5.41) is 8.79. The zero-order valence-electron chi connectivity index (χ0n) is 12.1. The van der Waals surface area contributed by atoms with E-state index in [4.69, 9.17) is 5.11 Å². The van der Waals surface area contributed by atoms with E-state index in [0.717, 1.165) is 18.7 Å². The van der Waals surface area contributed by atoms with Crippen LogP contribution in [0.1, 0.15) is 42.5 Å². The summed E-state index contributed by atoms with van der Waals surface area (Å²) in [5.41, 5.74) is 0.00821. The van der Waals surface area contributed by atoms with Crippen LogP contribution in [0.4, 0.5) is 5.69 Å². The standard InChI is InChI=1S/C13H16N4O4S/c1-3-8(2)12-15-5-9(6-16-12)17-22(20,21)10-4-11(13(18)19)14-7-10/h4-8,14,17H,3H2,1-2H3,(H,18,19). The first-order chi connectivity index (χ1) is 10.3. The van der Waals surface area contributed by atoms with Crippen LogP contribution in [-0.2, 0) is 10.0 Å². The fraction of sp³-hybridized carbons (Fsp3) is 0.308. The van der Waals surface area contributed by atoms with Crippen molar-refractivity contribution in [3.63, 3.8) is 0 Å². The first-order valence-corrected chi connectivity index (χ1v) is 8.08. The number of hydrogen-bond donors (Lipinski definition) is 3. The molecule has 1 atom stereocenters. The fourth-order valence-corrected chi connectivity index (χ4v) is 2.72. The van der Waals surface area contributed by atoms with Gasteiger partial charge in [-0.15, -0.1) is 0 Å². The zero-order chi connectivity index (χ0) is 16.3. The topological polar surface area (TPSA) is 125 Å². The number of carboxylic acids is 1. The molecule has 9 heteroatoms. The van der Waals surface area contributed by atoms with E-state index in [1.54, 1.807) is 0 Å². The van der Waals surface area contributed by atoms with Crippen molar-refractivity contribution in [1.29, 1.82) is 0 Å². The summed E-state index contributed by atoms with van der Waals surface area (Å²) in [7, 11) is -3.89. The van der Waals surface area contributed by atoms with E-state index in [9.17, 15) is 13.2 Å². The number of hydrogen-bond acceptors (Lipinski definition) is 5. The van der Waals surface area contributed by atoms with Gasteiger partial charge in [0.05, 0.1) is 18.1 Å². The molecule has 0 saturated carbocycles. The highest BCUT2D eigenvalue weighted by molar-refractivity contribution is 7.92. The second-order valence-corrected chi connectivity index (χ2v) is 6.48. The fourth-order valence-electron chi connectivity index (χ4n) is 1.69. The first-order valence-electron chi connectivity index (χ1n) is 6.60. The smallest absolute Gasteiger partial charge is 0.352 e.